The number of carboxylic acid groups (broad SMARTS) is 1. The molecule has 0 bridgehead atoms. The number of aromatic nitrogens is 4. The average molecular weight is 1470 g/mol. The second kappa shape index (κ2) is 29.4. The van der Waals surface area contributed by atoms with Crippen LogP contribution in [0.1, 0.15) is 48.5 Å². The molecular weight excluding hydrogens is 1400 g/mol. The zero-order valence-corrected chi connectivity index (χ0v) is 59.3. The molecule has 7 N–H and O–H groups in total. The van der Waals surface area contributed by atoms with Crippen LogP contribution in [0.4, 0.5) is 47.7 Å². The van der Waals surface area contributed by atoms with Crippen LogP contribution in [0.15, 0.2) is 121 Å². The van der Waals surface area contributed by atoms with Gasteiger partial charge in [0, 0.05) is 80.8 Å². The van der Waals surface area contributed by atoms with Crippen LogP contribution in [0, 0.1) is 46.9 Å². The summed E-state index contributed by atoms with van der Waals surface area (Å²) < 4.78 is 67.2. The Morgan fingerprint density at radius 3 is 1.06 bits per heavy atom. The molecule has 30 heteroatoms. The predicted octanol–water partition coefficient (Wildman–Crippen LogP) is 14.3. The largest absolute Gasteiger partial charge is 0.481 e. The maximum absolute atomic E-state index is 13.4. The number of carbonyl (C=O) groups excluding carboxylic acids is 6. The van der Waals surface area contributed by atoms with E-state index in [0.29, 0.717) is 46.7 Å². The first-order valence-corrected chi connectivity index (χ1v) is 35.5. The number of fused-ring (bicyclic) bond motifs is 12. The van der Waals surface area contributed by atoms with Gasteiger partial charge in [-0.15, -0.1) is 0 Å². The average Bonchev–Trinajstić information content (AvgIpc) is 1.59. The van der Waals surface area contributed by atoms with Gasteiger partial charge in [0.15, 0.2) is 20.5 Å². The molecule has 12 aromatic rings. The summed E-state index contributed by atoms with van der Waals surface area (Å²) in [5.41, 5.74) is 7.78. The van der Waals surface area contributed by atoms with E-state index in [4.69, 9.17) is 20.3 Å². The van der Waals surface area contributed by atoms with Gasteiger partial charge in [0.1, 0.15) is 34.5 Å². The van der Waals surface area contributed by atoms with E-state index in [-0.39, 0.29) is 77.7 Å². The molecule has 16 rings (SSSR count). The molecule has 4 saturated heterocycles. The number of halogens is 4. The number of aliphatic carboxylic acids is 1. The van der Waals surface area contributed by atoms with Crippen molar-refractivity contribution in [3.05, 3.63) is 145 Å². The number of likely N-dealkylation sites (tertiary alicyclic amines) is 3. The van der Waals surface area contributed by atoms with Crippen LogP contribution in [0.5, 0.6) is 0 Å². The minimum Gasteiger partial charge on any atom is -0.481 e. The van der Waals surface area contributed by atoms with Gasteiger partial charge in [0.25, 0.3) is 0 Å². The van der Waals surface area contributed by atoms with E-state index in [1.54, 1.807) is 70.7 Å². The molecule has 8 aromatic carbocycles. The molecule has 6 amide bonds. The number of thiazole rings is 4. The molecule has 4 aliphatic heterocycles. The lowest BCUT2D eigenvalue weighted by atomic mass is 9.99. The number of hydrogen-bond acceptors (Lipinski definition) is 19. The summed E-state index contributed by atoms with van der Waals surface area (Å²) in [6.45, 7) is 15.8. The maximum atomic E-state index is 13.4. The second-order valence-corrected chi connectivity index (χ2v) is 30.7. The monoisotopic (exact) mass is 1460 g/mol. The molecule has 0 spiro atoms. The molecule has 0 saturated carbocycles. The normalized spacial score (nSPS) is 14.8. The third-order valence-electron chi connectivity index (χ3n) is 16.7. The first kappa shape index (κ1) is 71.6. The molecule has 4 aromatic heterocycles. The van der Waals surface area contributed by atoms with Crippen LogP contribution in [0.25, 0.3) is 84.0 Å². The number of carboxylic acids is 1. The van der Waals surface area contributed by atoms with Crippen molar-refractivity contribution >= 4 is 192 Å². The topological polar surface area (TPSA) is 294 Å². The van der Waals surface area contributed by atoms with Crippen LogP contribution < -0.4 is 27.0 Å². The van der Waals surface area contributed by atoms with Gasteiger partial charge in [-0.3, -0.25) is 24.0 Å². The van der Waals surface area contributed by atoms with Crippen LogP contribution in [-0.4, -0.2) is 145 Å². The van der Waals surface area contributed by atoms with Crippen LogP contribution in [0.3, 0.4) is 0 Å². The highest BCUT2D eigenvalue weighted by Crippen LogP contribution is 2.38. The quantitative estimate of drug-likeness (QED) is 0.0808. The molecule has 4 fully saturated rings. The molecular formula is C72H68F4N12O10S4. The van der Waals surface area contributed by atoms with Gasteiger partial charge in [-0.25, -0.2) is 47.1 Å². The number of ether oxygens (including phenoxy) is 2. The molecule has 528 valence electrons. The van der Waals surface area contributed by atoms with Crippen molar-refractivity contribution in [2.24, 2.45) is 23.7 Å². The molecule has 0 aliphatic carbocycles. The van der Waals surface area contributed by atoms with Crippen LogP contribution in [-0.2, 0) is 33.4 Å². The van der Waals surface area contributed by atoms with E-state index >= 15 is 0 Å². The highest BCUT2D eigenvalue weighted by atomic mass is 32.1. The van der Waals surface area contributed by atoms with Gasteiger partial charge < -0.3 is 56.3 Å². The van der Waals surface area contributed by atoms with E-state index in [9.17, 15) is 51.1 Å². The number of carbonyl (C=O) groups is 7. The molecule has 0 radical (unpaired) electrons. The van der Waals surface area contributed by atoms with Gasteiger partial charge in [0.2, 0.25) is 23.6 Å². The fraction of sp³-hybridized carbons (Fsp3) is 0.292. The predicted molar refractivity (Wildman–Crippen MR) is 391 cm³/mol. The number of nitrogens with zero attached hydrogens (tertiary/aromatic N) is 7. The Morgan fingerprint density at radius 1 is 0.451 bits per heavy atom. The molecule has 22 nitrogen and oxygen atoms in total. The summed E-state index contributed by atoms with van der Waals surface area (Å²) in [4.78, 5) is 104. The lowest BCUT2D eigenvalue weighted by Gasteiger charge is -2.38. The number of benzene rings is 8. The summed E-state index contributed by atoms with van der Waals surface area (Å²) in [7, 11) is 0. The Kier molecular flexibility index (Phi) is 20.6. The number of nitrogens with two attached hydrogens (primary N) is 1. The molecule has 102 heavy (non-hydrogen) atoms. The highest BCUT2D eigenvalue weighted by Gasteiger charge is 2.40. The summed E-state index contributed by atoms with van der Waals surface area (Å²) >= 11 is 5.59. The molecule has 8 heterocycles. The van der Waals surface area contributed by atoms with Crippen molar-refractivity contribution in [2.75, 3.05) is 74.0 Å². The Labute approximate surface area is 595 Å². The van der Waals surface area contributed by atoms with Crippen molar-refractivity contribution < 1.29 is 65.7 Å². The molecule has 0 atom stereocenters. The summed E-state index contributed by atoms with van der Waals surface area (Å²) in [5.74, 6) is -3.08. The van der Waals surface area contributed by atoms with E-state index in [0.717, 1.165) is 97.0 Å². The smallest absolute Gasteiger partial charge is 0.410 e. The van der Waals surface area contributed by atoms with E-state index in [1.165, 1.54) is 111 Å². The minimum atomic E-state index is -0.857. The standard InChI is InChI=1S/C20H20FN3O3S.C17H14FN3O2S.C15H12FN3OS.C11H7FN2S.C9H15NO4/c1-20(2,3)27-19(26)24-9-12(10-24)17(25)23-18-22-15-7-4-11-8-13(21)5-6-14(11)16(15)28-18;1-9(22)21-7-11(8-21)16(23)20-17-19-14-5-2-10-6-12(18)3-4-13(10)15(14)24-17;16-10-2-3-11-8(5-10)1-4-12-13(11)21-15(18-12)19-14(20)9-6-17-7-9;12-7-2-3-8-6(5-7)1-4-9-10(8)15-11(13)14-9;1-9(2,3)14-8(13)10-4-6(5-10)7(11)12/h4-8,12H,9-10H2,1-3H3,(H,22,23,25);2-6,11H,7-8H2,1H3,(H,19,20,23);1-5,9,17H,6-7H2,(H,18,19,20);1-5H,(H2,13,14);6H,4-5H2,1-3H3,(H,11,12). The highest BCUT2D eigenvalue weighted by molar-refractivity contribution is 7.24. The van der Waals surface area contributed by atoms with Gasteiger partial charge in [0.05, 0.1) is 64.5 Å². The fourth-order valence-corrected chi connectivity index (χ4v) is 15.0. The first-order valence-electron chi connectivity index (χ1n) is 32.2. The number of anilines is 4. The van der Waals surface area contributed by atoms with Gasteiger partial charge >= 0.3 is 18.2 Å². The lowest BCUT2D eigenvalue weighted by Crippen LogP contribution is -2.55. The van der Waals surface area contributed by atoms with Crippen molar-refractivity contribution in [3.63, 3.8) is 0 Å². The Bertz CT molecular complexity index is 5290. The molecule has 0 unspecified atom stereocenters. The second-order valence-electron chi connectivity index (χ2n) is 26.7. The lowest BCUT2D eigenvalue weighted by molar-refractivity contribution is -0.147. The number of rotatable bonds is 7. The van der Waals surface area contributed by atoms with Crippen LogP contribution >= 0.6 is 45.3 Å². The van der Waals surface area contributed by atoms with Gasteiger partial charge in [-0.05, 0) is 160 Å². The summed E-state index contributed by atoms with van der Waals surface area (Å²) in [5, 5.41) is 29.4. The zero-order chi connectivity index (χ0) is 72.6. The Balaban J connectivity index is 0.000000123. The van der Waals surface area contributed by atoms with Crippen LogP contribution in [0.2, 0.25) is 0 Å². The number of nitrogen functional groups attached to an aromatic ring is 1. The van der Waals surface area contributed by atoms with Crippen molar-refractivity contribution in [1.82, 2.24) is 40.0 Å². The van der Waals surface area contributed by atoms with E-state index < -0.39 is 35.3 Å². The Hall–Kier alpha value is -10.3. The minimum absolute atomic E-state index is 0.00292. The van der Waals surface area contributed by atoms with Crippen molar-refractivity contribution in [3.8, 4) is 0 Å². The van der Waals surface area contributed by atoms with E-state index in [2.05, 4.69) is 41.2 Å². The first-order chi connectivity index (χ1) is 48.4. The van der Waals surface area contributed by atoms with Crippen molar-refractivity contribution in [2.45, 2.75) is 59.7 Å². The summed E-state index contributed by atoms with van der Waals surface area (Å²) in [6, 6.07) is 33.4. The molecule has 4 aliphatic rings. The number of hydrogen-bond donors (Lipinski definition) is 6. The zero-order valence-electron chi connectivity index (χ0n) is 56.0. The third kappa shape index (κ3) is 16.7. The van der Waals surface area contributed by atoms with E-state index in [1.807, 2.05) is 48.5 Å². The third-order valence-corrected chi connectivity index (χ3v) is 20.7. The van der Waals surface area contributed by atoms with Gasteiger partial charge in [-0.1, -0.05) is 69.6 Å². The SMILES string of the molecule is CC(=O)N1CC(C(=O)Nc2nc3ccc4cc(F)ccc4c3s2)C1.CC(C)(C)OC(=O)N1CC(C(=O)Nc2nc3ccc4cc(F)ccc4c3s2)C1.CC(C)(C)OC(=O)N1CC(C(=O)O)C1.Nc1nc2ccc3cc(F)ccc3c2s1.O=C(Nc1nc2ccc3cc(F)ccc3c2s1)C1CNC1. The number of nitrogens with one attached hydrogen (secondary N) is 4. The number of amides is 6. The van der Waals surface area contributed by atoms with Crippen molar-refractivity contribution in [1.29, 1.82) is 0 Å². The van der Waals surface area contributed by atoms with Gasteiger partial charge in [-0.2, -0.15) is 0 Å². The summed E-state index contributed by atoms with van der Waals surface area (Å²) in [6.07, 6.45) is -0.842. The Morgan fingerprint density at radius 2 is 0.755 bits per heavy atom. The maximum Gasteiger partial charge on any atom is 0.410 e. The fourth-order valence-electron chi connectivity index (χ4n) is 11.1.